The number of ether oxygens (including phenoxy) is 1. The van der Waals surface area contributed by atoms with Gasteiger partial charge in [-0.25, -0.2) is 9.36 Å². The third-order valence-electron chi connectivity index (χ3n) is 2.79. The van der Waals surface area contributed by atoms with Crippen molar-refractivity contribution in [2.45, 2.75) is 24.9 Å². The van der Waals surface area contributed by atoms with Crippen molar-refractivity contribution in [3.63, 3.8) is 0 Å². The Morgan fingerprint density at radius 1 is 1.57 bits per heavy atom. The average Bonchev–Trinajstić information content (AvgIpc) is 2.69. The van der Waals surface area contributed by atoms with E-state index in [1.54, 1.807) is 0 Å². The van der Waals surface area contributed by atoms with Gasteiger partial charge in [-0.3, -0.25) is 9.09 Å². The SMILES string of the molecule is N.Nc1ccn(C2CC(OP(=O)(O)O)C(CO)O2)c(=O)n1. The summed E-state index contributed by atoms with van der Waals surface area (Å²) in [6.45, 7) is -0.502. The third kappa shape index (κ3) is 4.32. The van der Waals surface area contributed by atoms with Gasteiger partial charge in [-0.1, -0.05) is 0 Å². The van der Waals surface area contributed by atoms with Crippen LogP contribution in [-0.4, -0.2) is 43.3 Å². The first-order chi connectivity index (χ1) is 9.30. The lowest BCUT2D eigenvalue weighted by atomic mass is 10.2. The number of aromatic nitrogens is 2. The van der Waals surface area contributed by atoms with Gasteiger partial charge < -0.3 is 31.5 Å². The molecule has 0 radical (unpaired) electrons. The number of anilines is 1. The van der Waals surface area contributed by atoms with Gasteiger partial charge in [0.05, 0.1) is 6.61 Å². The highest BCUT2D eigenvalue weighted by Gasteiger charge is 2.40. The van der Waals surface area contributed by atoms with Crippen LogP contribution in [0.15, 0.2) is 17.1 Å². The van der Waals surface area contributed by atoms with Crippen LogP contribution in [0.3, 0.4) is 0 Å². The molecule has 0 spiro atoms. The molecule has 1 aliphatic heterocycles. The normalized spacial score (nSPS) is 25.6. The highest BCUT2D eigenvalue weighted by Crippen LogP contribution is 2.43. The largest absolute Gasteiger partial charge is 0.469 e. The van der Waals surface area contributed by atoms with E-state index >= 15 is 0 Å². The van der Waals surface area contributed by atoms with Crippen LogP contribution in [0.2, 0.25) is 0 Å². The number of hydrogen-bond acceptors (Lipinski definition) is 8. The second-order valence-electron chi connectivity index (χ2n) is 4.22. The second-order valence-corrected chi connectivity index (χ2v) is 5.42. The van der Waals surface area contributed by atoms with Crippen LogP contribution in [0, 0.1) is 0 Å². The first-order valence-electron chi connectivity index (χ1n) is 5.65. The number of phosphoric ester groups is 1. The molecule has 1 aromatic heterocycles. The maximum atomic E-state index is 11.6. The van der Waals surface area contributed by atoms with Crippen molar-refractivity contribution in [2.75, 3.05) is 12.3 Å². The van der Waals surface area contributed by atoms with Gasteiger partial charge in [0, 0.05) is 12.6 Å². The van der Waals surface area contributed by atoms with Crippen molar-refractivity contribution in [3.05, 3.63) is 22.7 Å². The first-order valence-corrected chi connectivity index (χ1v) is 7.18. The second kappa shape index (κ2) is 6.62. The molecule has 0 saturated carbocycles. The van der Waals surface area contributed by atoms with Gasteiger partial charge in [0.1, 0.15) is 24.3 Å². The lowest BCUT2D eigenvalue weighted by Gasteiger charge is -2.16. The van der Waals surface area contributed by atoms with E-state index in [1.165, 1.54) is 12.3 Å². The van der Waals surface area contributed by atoms with Gasteiger partial charge in [-0.05, 0) is 6.07 Å². The number of aliphatic hydroxyl groups is 1. The molecule has 0 amide bonds. The van der Waals surface area contributed by atoms with E-state index in [1.807, 2.05) is 0 Å². The van der Waals surface area contributed by atoms with Gasteiger partial charge in [0.25, 0.3) is 0 Å². The van der Waals surface area contributed by atoms with E-state index in [9.17, 15) is 9.36 Å². The Morgan fingerprint density at radius 3 is 2.76 bits per heavy atom. The van der Waals surface area contributed by atoms with E-state index in [0.717, 1.165) is 4.57 Å². The standard InChI is InChI=1S/C9H14N3O7P.H3N/c10-7-1-2-12(9(14)11-7)8-3-5(6(4-13)18-8)19-20(15,16)17;/h1-2,5-6,8,13H,3-4H2,(H2,10,11,14)(H2,15,16,17);1H3. The quantitative estimate of drug-likeness (QED) is 0.417. The summed E-state index contributed by atoms with van der Waals surface area (Å²) in [6.07, 6.45) is -1.48. The van der Waals surface area contributed by atoms with Crippen LogP contribution in [0.4, 0.5) is 5.82 Å². The minimum atomic E-state index is -4.72. The zero-order chi connectivity index (χ0) is 14.9. The predicted molar refractivity (Wildman–Crippen MR) is 70.5 cm³/mol. The van der Waals surface area contributed by atoms with Crippen molar-refractivity contribution >= 4 is 13.6 Å². The number of phosphoric acid groups is 1. The molecule has 21 heavy (non-hydrogen) atoms. The Kier molecular flexibility index (Phi) is 5.59. The molecule has 1 aliphatic rings. The summed E-state index contributed by atoms with van der Waals surface area (Å²) in [5, 5.41) is 9.13. The fraction of sp³-hybridized carbons (Fsp3) is 0.556. The molecule has 1 aromatic rings. The van der Waals surface area contributed by atoms with E-state index in [0.29, 0.717) is 0 Å². The van der Waals surface area contributed by atoms with E-state index in [2.05, 4.69) is 9.51 Å². The first kappa shape index (κ1) is 17.7. The molecule has 3 atom stereocenters. The maximum absolute atomic E-state index is 11.6. The molecular formula is C9H17N4O7P. The summed E-state index contributed by atoms with van der Waals surface area (Å²) in [5.74, 6) is 0.0472. The van der Waals surface area contributed by atoms with E-state index in [4.69, 9.17) is 25.4 Å². The zero-order valence-corrected chi connectivity index (χ0v) is 11.8. The molecule has 0 aliphatic carbocycles. The van der Waals surface area contributed by atoms with Crippen LogP contribution in [0.5, 0.6) is 0 Å². The van der Waals surface area contributed by atoms with Crippen molar-refractivity contribution in [2.24, 2.45) is 0 Å². The molecule has 120 valence electrons. The summed E-state index contributed by atoms with van der Waals surface area (Å²) in [6, 6.07) is 1.38. The fourth-order valence-electron chi connectivity index (χ4n) is 1.97. The Bertz CT molecular complexity index is 588. The summed E-state index contributed by atoms with van der Waals surface area (Å²) in [5.41, 5.74) is 4.69. The molecule has 11 nitrogen and oxygen atoms in total. The smallest absolute Gasteiger partial charge is 0.394 e. The summed E-state index contributed by atoms with van der Waals surface area (Å²) in [4.78, 5) is 32.8. The number of hydrogen-bond donors (Lipinski definition) is 5. The van der Waals surface area contributed by atoms with Crippen LogP contribution in [0.1, 0.15) is 12.6 Å². The van der Waals surface area contributed by atoms with E-state index in [-0.39, 0.29) is 18.4 Å². The number of nitrogens with zero attached hydrogens (tertiary/aromatic N) is 2. The van der Waals surface area contributed by atoms with Gasteiger partial charge in [0.2, 0.25) is 0 Å². The highest BCUT2D eigenvalue weighted by molar-refractivity contribution is 7.46. The molecule has 0 bridgehead atoms. The Labute approximate surface area is 119 Å². The van der Waals surface area contributed by atoms with Gasteiger partial charge in [-0.15, -0.1) is 0 Å². The van der Waals surface area contributed by atoms with Crippen LogP contribution in [0.25, 0.3) is 0 Å². The third-order valence-corrected chi connectivity index (χ3v) is 3.34. The molecule has 1 fully saturated rings. The lowest BCUT2D eigenvalue weighted by Crippen LogP contribution is -2.28. The summed E-state index contributed by atoms with van der Waals surface area (Å²) < 4.78 is 21.8. The maximum Gasteiger partial charge on any atom is 0.469 e. The summed E-state index contributed by atoms with van der Waals surface area (Å²) in [7, 11) is -4.72. The van der Waals surface area contributed by atoms with Gasteiger partial charge in [-0.2, -0.15) is 4.98 Å². The average molecular weight is 324 g/mol. The number of rotatable bonds is 4. The molecule has 0 aromatic carbocycles. The topological polar surface area (TPSA) is 192 Å². The van der Waals surface area contributed by atoms with Crippen molar-refractivity contribution in [3.8, 4) is 0 Å². The molecule has 8 N–H and O–H groups in total. The molecular weight excluding hydrogens is 307 g/mol. The minimum Gasteiger partial charge on any atom is -0.394 e. The summed E-state index contributed by atoms with van der Waals surface area (Å²) >= 11 is 0. The van der Waals surface area contributed by atoms with Gasteiger partial charge >= 0.3 is 13.5 Å². The Hall–Kier alpha value is -1.33. The van der Waals surface area contributed by atoms with Crippen LogP contribution in [-0.2, 0) is 13.8 Å². The van der Waals surface area contributed by atoms with Crippen LogP contribution < -0.4 is 17.6 Å². The van der Waals surface area contributed by atoms with Crippen LogP contribution >= 0.6 is 7.82 Å². The van der Waals surface area contributed by atoms with Crippen molar-refractivity contribution in [1.82, 2.24) is 15.7 Å². The molecule has 2 heterocycles. The molecule has 2 rings (SSSR count). The lowest BCUT2D eigenvalue weighted by molar-refractivity contribution is -0.0452. The van der Waals surface area contributed by atoms with Crippen molar-refractivity contribution in [1.29, 1.82) is 0 Å². The van der Waals surface area contributed by atoms with Crippen molar-refractivity contribution < 1.29 is 28.7 Å². The minimum absolute atomic E-state index is 0. The van der Waals surface area contributed by atoms with E-state index < -0.39 is 38.6 Å². The fourth-order valence-corrected chi connectivity index (χ4v) is 2.54. The predicted octanol–water partition coefficient (Wildman–Crippen LogP) is -1.25. The Morgan fingerprint density at radius 2 is 2.24 bits per heavy atom. The highest BCUT2D eigenvalue weighted by atomic mass is 31.2. The monoisotopic (exact) mass is 324 g/mol. The molecule has 3 unspecified atom stereocenters. The number of aliphatic hydroxyl groups excluding tert-OH is 1. The Balaban J connectivity index is 0.00000220. The van der Waals surface area contributed by atoms with Gasteiger partial charge in [0.15, 0.2) is 0 Å². The zero-order valence-electron chi connectivity index (χ0n) is 10.9. The number of nitrogen functional groups attached to an aromatic ring is 1. The molecule has 12 heteroatoms. The number of nitrogens with two attached hydrogens (primary N) is 1. The molecule has 1 saturated heterocycles.